The second kappa shape index (κ2) is 7.99. The number of hydrogen-bond acceptors (Lipinski definition) is 3. The minimum atomic E-state index is -0.168. The monoisotopic (exact) mass is 376 g/mol. The van der Waals surface area contributed by atoms with Gasteiger partial charge in [-0.25, -0.2) is 4.98 Å². The number of imidazole rings is 1. The maximum absolute atomic E-state index is 12.7. The number of carbonyl (C=O) groups is 1. The van der Waals surface area contributed by atoms with Gasteiger partial charge in [-0.05, 0) is 48.8 Å². The molecule has 1 heterocycles. The van der Waals surface area contributed by atoms with Gasteiger partial charge in [0.2, 0.25) is 0 Å². The van der Waals surface area contributed by atoms with Crippen molar-refractivity contribution in [1.29, 1.82) is 0 Å². The summed E-state index contributed by atoms with van der Waals surface area (Å²) >= 11 is 6.08. The van der Waals surface area contributed by atoms with Crippen LogP contribution in [0.2, 0.25) is 5.02 Å². The topological polar surface area (TPSA) is 44.1 Å². The largest absolute Gasteiger partial charge is 0.461 e. The highest BCUT2D eigenvalue weighted by Gasteiger charge is 2.33. The Kier molecular flexibility index (Phi) is 5.91. The van der Waals surface area contributed by atoms with Crippen LogP contribution in [0.25, 0.3) is 11.0 Å². The first-order valence-electron chi connectivity index (χ1n) is 9.73. The summed E-state index contributed by atoms with van der Waals surface area (Å²) < 4.78 is 7.93. The molecule has 4 nitrogen and oxygen atoms in total. The van der Waals surface area contributed by atoms with E-state index in [1.807, 2.05) is 29.7 Å². The van der Waals surface area contributed by atoms with E-state index in [0.717, 1.165) is 36.1 Å². The van der Waals surface area contributed by atoms with Crippen LogP contribution in [0.5, 0.6) is 0 Å². The standard InChI is InChI=1S/C21H29ClN2O2/c1-5-20-23-17-11-15(22)7-9-18(17)24(20)12-21(25)26-19-10-14(4)6-8-16(19)13(2)3/h7,9,11,13-14,16,19H,5-6,8,10,12H2,1-4H3/t14-,16+,19?/m1/s1. The van der Waals surface area contributed by atoms with Crippen molar-refractivity contribution in [3.05, 3.63) is 29.0 Å². The number of esters is 1. The van der Waals surface area contributed by atoms with Crippen LogP contribution in [0.15, 0.2) is 18.2 Å². The van der Waals surface area contributed by atoms with Crippen molar-refractivity contribution < 1.29 is 9.53 Å². The summed E-state index contributed by atoms with van der Waals surface area (Å²) in [5.74, 6) is 2.32. The van der Waals surface area contributed by atoms with Gasteiger partial charge in [0, 0.05) is 11.4 Å². The number of hydrogen-bond donors (Lipinski definition) is 0. The molecule has 1 aromatic carbocycles. The average Bonchev–Trinajstić information content (AvgIpc) is 2.91. The maximum atomic E-state index is 12.7. The van der Waals surface area contributed by atoms with Gasteiger partial charge in [-0.3, -0.25) is 4.79 Å². The van der Waals surface area contributed by atoms with E-state index in [0.29, 0.717) is 22.8 Å². The van der Waals surface area contributed by atoms with E-state index in [1.165, 1.54) is 6.42 Å². The highest BCUT2D eigenvalue weighted by molar-refractivity contribution is 6.31. The molecule has 0 spiro atoms. The number of rotatable bonds is 5. The Morgan fingerprint density at radius 1 is 1.38 bits per heavy atom. The van der Waals surface area contributed by atoms with Gasteiger partial charge in [0.25, 0.3) is 0 Å². The van der Waals surface area contributed by atoms with E-state index in [-0.39, 0.29) is 18.6 Å². The van der Waals surface area contributed by atoms with Gasteiger partial charge in [0.15, 0.2) is 0 Å². The third-order valence-electron chi connectivity index (χ3n) is 5.64. The zero-order valence-corrected chi connectivity index (χ0v) is 16.9. The lowest BCUT2D eigenvalue weighted by Crippen LogP contribution is -2.36. The first kappa shape index (κ1) is 19.2. The van der Waals surface area contributed by atoms with E-state index in [9.17, 15) is 4.79 Å². The summed E-state index contributed by atoms with van der Waals surface area (Å²) in [4.78, 5) is 17.4. The van der Waals surface area contributed by atoms with Crippen LogP contribution in [-0.4, -0.2) is 21.6 Å². The summed E-state index contributed by atoms with van der Waals surface area (Å²) in [7, 11) is 0. The molecule has 0 N–H and O–H groups in total. The zero-order valence-electron chi connectivity index (χ0n) is 16.2. The maximum Gasteiger partial charge on any atom is 0.326 e. The Morgan fingerprint density at radius 2 is 2.15 bits per heavy atom. The fraction of sp³-hybridized carbons (Fsp3) is 0.619. The predicted octanol–water partition coefficient (Wildman–Crippen LogP) is 5.26. The second-order valence-electron chi connectivity index (χ2n) is 7.96. The molecule has 1 unspecified atom stereocenters. The van der Waals surface area contributed by atoms with Gasteiger partial charge >= 0.3 is 5.97 Å². The van der Waals surface area contributed by atoms with Gasteiger partial charge in [0.05, 0.1) is 11.0 Å². The molecule has 1 aromatic heterocycles. The molecule has 26 heavy (non-hydrogen) atoms. The van der Waals surface area contributed by atoms with Crippen LogP contribution in [0, 0.1) is 17.8 Å². The molecule has 0 radical (unpaired) electrons. The van der Waals surface area contributed by atoms with Gasteiger partial charge < -0.3 is 9.30 Å². The van der Waals surface area contributed by atoms with Crippen molar-refractivity contribution in [3.63, 3.8) is 0 Å². The molecule has 3 atom stereocenters. The van der Waals surface area contributed by atoms with E-state index in [1.54, 1.807) is 0 Å². The third kappa shape index (κ3) is 4.06. The molecule has 1 fully saturated rings. The lowest BCUT2D eigenvalue weighted by molar-refractivity contribution is -0.156. The van der Waals surface area contributed by atoms with E-state index >= 15 is 0 Å². The Hall–Kier alpha value is -1.55. The number of aromatic nitrogens is 2. The number of ether oxygens (including phenoxy) is 1. The summed E-state index contributed by atoms with van der Waals surface area (Å²) in [5, 5.41) is 0.656. The lowest BCUT2D eigenvalue weighted by Gasteiger charge is -2.36. The molecule has 1 aliphatic carbocycles. The van der Waals surface area contributed by atoms with Crippen LogP contribution >= 0.6 is 11.6 Å². The zero-order chi connectivity index (χ0) is 18.8. The smallest absolute Gasteiger partial charge is 0.326 e. The number of nitrogens with zero attached hydrogens (tertiary/aromatic N) is 2. The van der Waals surface area contributed by atoms with Gasteiger partial charge in [-0.2, -0.15) is 0 Å². The van der Waals surface area contributed by atoms with Crippen LogP contribution < -0.4 is 0 Å². The first-order chi connectivity index (χ1) is 12.4. The molecule has 0 amide bonds. The van der Waals surface area contributed by atoms with Crippen LogP contribution in [-0.2, 0) is 22.5 Å². The van der Waals surface area contributed by atoms with Crippen molar-refractivity contribution in [1.82, 2.24) is 9.55 Å². The number of benzene rings is 1. The highest BCUT2D eigenvalue weighted by Crippen LogP contribution is 2.35. The van der Waals surface area contributed by atoms with Gasteiger partial charge in [-0.15, -0.1) is 0 Å². The normalized spacial score (nSPS) is 23.5. The summed E-state index contributed by atoms with van der Waals surface area (Å²) in [6, 6.07) is 5.61. The lowest BCUT2D eigenvalue weighted by atomic mass is 9.75. The number of aryl methyl sites for hydroxylation is 1. The SMILES string of the molecule is CCc1nc2cc(Cl)ccc2n1CC(=O)OC1C[C@H](C)CC[C@H]1C(C)C. The van der Waals surface area contributed by atoms with Crippen molar-refractivity contribution >= 4 is 28.6 Å². The fourth-order valence-corrected chi connectivity index (χ4v) is 4.35. The van der Waals surface area contributed by atoms with Gasteiger partial charge in [0.1, 0.15) is 18.5 Å². The molecule has 3 rings (SSSR count). The summed E-state index contributed by atoms with van der Waals surface area (Å²) in [6.45, 7) is 8.95. The molecule has 0 aliphatic heterocycles. The van der Waals surface area contributed by atoms with Crippen molar-refractivity contribution in [2.45, 2.75) is 66.0 Å². The average molecular weight is 377 g/mol. The van der Waals surface area contributed by atoms with Crippen molar-refractivity contribution in [3.8, 4) is 0 Å². The Morgan fingerprint density at radius 3 is 2.85 bits per heavy atom. The van der Waals surface area contributed by atoms with Gasteiger partial charge in [-0.1, -0.05) is 45.7 Å². The van der Waals surface area contributed by atoms with Crippen molar-refractivity contribution in [2.75, 3.05) is 0 Å². The highest BCUT2D eigenvalue weighted by atomic mass is 35.5. The fourth-order valence-electron chi connectivity index (χ4n) is 4.18. The Labute approximate surface area is 160 Å². The molecule has 0 saturated heterocycles. The van der Waals surface area contributed by atoms with Crippen molar-refractivity contribution in [2.24, 2.45) is 17.8 Å². The molecule has 142 valence electrons. The van der Waals surface area contributed by atoms with E-state index in [2.05, 4.69) is 25.8 Å². The number of carbonyl (C=O) groups excluding carboxylic acids is 1. The van der Waals surface area contributed by atoms with Crippen LogP contribution in [0.3, 0.4) is 0 Å². The number of fused-ring (bicyclic) bond motifs is 1. The molecule has 5 heteroatoms. The Bertz CT molecular complexity index is 784. The predicted molar refractivity (Wildman–Crippen MR) is 105 cm³/mol. The minimum absolute atomic E-state index is 0.0283. The van der Waals surface area contributed by atoms with Crippen LogP contribution in [0.1, 0.15) is 52.8 Å². The van der Waals surface area contributed by atoms with Crippen LogP contribution in [0.4, 0.5) is 0 Å². The number of halogens is 1. The third-order valence-corrected chi connectivity index (χ3v) is 5.87. The minimum Gasteiger partial charge on any atom is -0.461 e. The molecule has 0 bridgehead atoms. The summed E-state index contributed by atoms with van der Waals surface area (Å²) in [6.07, 6.45) is 4.12. The molecule has 1 aliphatic rings. The first-order valence-corrected chi connectivity index (χ1v) is 10.1. The molecule has 2 aromatic rings. The molecule has 1 saturated carbocycles. The molecular formula is C21H29ClN2O2. The second-order valence-corrected chi connectivity index (χ2v) is 8.39. The summed E-state index contributed by atoms with van der Waals surface area (Å²) in [5.41, 5.74) is 1.76. The molecular weight excluding hydrogens is 348 g/mol. The quantitative estimate of drug-likeness (QED) is 0.669. The van der Waals surface area contributed by atoms with E-state index in [4.69, 9.17) is 16.3 Å². The Balaban J connectivity index is 1.78. The van der Waals surface area contributed by atoms with E-state index < -0.39 is 0 Å².